The first-order valence-electron chi connectivity index (χ1n) is 8.11. The Bertz CT molecular complexity index is 773. The third kappa shape index (κ3) is 3.77. The van der Waals surface area contributed by atoms with Crippen molar-refractivity contribution in [2.45, 2.75) is 38.4 Å². The molecule has 8 heteroatoms. The summed E-state index contributed by atoms with van der Waals surface area (Å²) in [5, 5.41) is 0.530. The number of piperidine rings is 1. The van der Waals surface area contributed by atoms with Crippen molar-refractivity contribution in [2.24, 2.45) is 0 Å². The third-order valence-corrected chi connectivity index (χ3v) is 4.31. The molecule has 1 aromatic heterocycles. The number of benzene rings is 1. The molecule has 1 atom stereocenters. The summed E-state index contributed by atoms with van der Waals surface area (Å²) in [6.07, 6.45) is 0.106. The largest absolute Gasteiger partial charge is 0.487 e. The Morgan fingerprint density at radius 2 is 2.08 bits per heavy atom. The van der Waals surface area contributed by atoms with E-state index in [4.69, 9.17) is 21.1 Å². The van der Waals surface area contributed by atoms with E-state index in [0.717, 1.165) is 0 Å². The first-order valence-corrected chi connectivity index (χ1v) is 8.48. The maximum Gasteiger partial charge on any atom is 0.296 e. The zero-order chi connectivity index (χ0) is 18.2. The lowest BCUT2D eigenvalue weighted by Crippen LogP contribution is -2.52. The summed E-state index contributed by atoms with van der Waals surface area (Å²) in [5.74, 6) is -2.45. The van der Waals surface area contributed by atoms with E-state index in [9.17, 15) is 8.78 Å². The minimum absolute atomic E-state index is 0.144. The molecule has 1 aromatic carbocycles. The van der Waals surface area contributed by atoms with Gasteiger partial charge >= 0.3 is 0 Å². The molecule has 25 heavy (non-hydrogen) atoms. The quantitative estimate of drug-likeness (QED) is 0.765. The minimum atomic E-state index is -2.98. The lowest BCUT2D eigenvalue weighted by molar-refractivity contribution is -0.135. The molecule has 0 saturated carbocycles. The molecule has 0 radical (unpaired) electrons. The van der Waals surface area contributed by atoms with Crippen LogP contribution in [0.2, 0.25) is 5.15 Å². The summed E-state index contributed by atoms with van der Waals surface area (Å²) < 4.78 is 40.4. The molecule has 3 rings (SSSR count). The second-order valence-corrected chi connectivity index (χ2v) is 6.87. The van der Waals surface area contributed by atoms with Crippen molar-refractivity contribution in [1.29, 1.82) is 0 Å². The number of nitrogens with zero attached hydrogens (tertiary/aromatic N) is 3. The number of rotatable bonds is 4. The van der Waals surface area contributed by atoms with Crippen molar-refractivity contribution >= 4 is 22.5 Å². The monoisotopic (exact) mass is 371 g/mol. The van der Waals surface area contributed by atoms with Crippen molar-refractivity contribution < 1.29 is 18.3 Å². The Kier molecular flexibility index (Phi) is 4.97. The molecule has 0 spiro atoms. The average molecular weight is 372 g/mol. The van der Waals surface area contributed by atoms with Gasteiger partial charge in [-0.2, -0.15) is 0 Å². The molecule has 0 bridgehead atoms. The normalized spacial score (nSPS) is 20.8. The standard InChI is InChI=1S/C17H20ClF2N3O2/c1-10(2)24-12-5-4-11-14(16(18)22-9-21-11)15(12)25-13-6-7-23(3)8-17(13,19)20/h4-5,9-10,13H,6-8H2,1-3H3. The zero-order valence-electron chi connectivity index (χ0n) is 14.3. The van der Waals surface area contributed by atoms with E-state index >= 15 is 0 Å². The molecule has 1 saturated heterocycles. The molecule has 5 nitrogen and oxygen atoms in total. The predicted molar refractivity (Wildman–Crippen MR) is 91.8 cm³/mol. The Morgan fingerprint density at radius 3 is 2.76 bits per heavy atom. The number of likely N-dealkylation sites (tertiary alicyclic amines) is 1. The second-order valence-electron chi connectivity index (χ2n) is 6.51. The summed E-state index contributed by atoms with van der Waals surface area (Å²) in [4.78, 5) is 9.68. The Hall–Kier alpha value is -1.73. The highest BCUT2D eigenvalue weighted by Crippen LogP contribution is 2.41. The Morgan fingerprint density at radius 1 is 1.32 bits per heavy atom. The van der Waals surface area contributed by atoms with Gasteiger partial charge in [0.05, 0.1) is 23.6 Å². The van der Waals surface area contributed by atoms with E-state index in [1.807, 2.05) is 13.8 Å². The van der Waals surface area contributed by atoms with E-state index in [-0.39, 0.29) is 30.0 Å². The second kappa shape index (κ2) is 6.88. The number of hydrogen-bond donors (Lipinski definition) is 0. The number of alkyl halides is 2. The fourth-order valence-electron chi connectivity index (χ4n) is 2.91. The highest BCUT2D eigenvalue weighted by Gasteiger charge is 2.46. The van der Waals surface area contributed by atoms with Crippen LogP contribution in [0.3, 0.4) is 0 Å². The van der Waals surface area contributed by atoms with Crippen LogP contribution in [-0.4, -0.2) is 53.1 Å². The Balaban J connectivity index is 2.06. The summed E-state index contributed by atoms with van der Waals surface area (Å²) in [6.45, 7) is 3.87. The molecule has 1 aliphatic heterocycles. The summed E-state index contributed by atoms with van der Waals surface area (Å²) in [5.41, 5.74) is 0.516. The van der Waals surface area contributed by atoms with E-state index in [0.29, 0.717) is 23.2 Å². The molecule has 0 N–H and O–H groups in total. The van der Waals surface area contributed by atoms with Gasteiger partial charge in [-0.05, 0) is 33.0 Å². The smallest absolute Gasteiger partial charge is 0.296 e. The third-order valence-electron chi connectivity index (χ3n) is 4.02. The fraction of sp³-hybridized carbons (Fsp3) is 0.529. The van der Waals surface area contributed by atoms with Gasteiger partial charge in [0.1, 0.15) is 11.5 Å². The summed E-state index contributed by atoms with van der Waals surface area (Å²) in [6, 6.07) is 3.37. The van der Waals surface area contributed by atoms with Crippen LogP contribution in [0.1, 0.15) is 20.3 Å². The number of aromatic nitrogens is 2. The van der Waals surface area contributed by atoms with Gasteiger partial charge < -0.3 is 14.4 Å². The maximum absolute atomic E-state index is 14.4. The van der Waals surface area contributed by atoms with Gasteiger partial charge in [0.15, 0.2) is 17.6 Å². The van der Waals surface area contributed by atoms with Gasteiger partial charge in [-0.3, -0.25) is 0 Å². The SMILES string of the molecule is CC(C)Oc1ccc2ncnc(Cl)c2c1OC1CCN(C)CC1(F)F. The molecule has 1 fully saturated rings. The number of halogens is 3. The highest BCUT2D eigenvalue weighted by atomic mass is 35.5. The topological polar surface area (TPSA) is 47.5 Å². The van der Waals surface area contributed by atoms with Gasteiger partial charge in [-0.15, -0.1) is 0 Å². The van der Waals surface area contributed by atoms with Crippen LogP contribution in [0.25, 0.3) is 10.9 Å². The number of hydrogen-bond acceptors (Lipinski definition) is 5. The zero-order valence-corrected chi connectivity index (χ0v) is 15.1. The predicted octanol–water partition coefficient (Wildman–Crippen LogP) is 3.79. The number of fused-ring (bicyclic) bond motifs is 1. The summed E-state index contributed by atoms with van der Waals surface area (Å²) in [7, 11) is 1.67. The first kappa shape index (κ1) is 18.1. The first-order chi connectivity index (χ1) is 11.8. The highest BCUT2D eigenvalue weighted by molar-refractivity contribution is 6.34. The molecule has 1 unspecified atom stereocenters. The van der Waals surface area contributed by atoms with E-state index in [2.05, 4.69) is 9.97 Å². The van der Waals surface area contributed by atoms with Crippen LogP contribution >= 0.6 is 11.6 Å². The van der Waals surface area contributed by atoms with Gasteiger partial charge in [-0.25, -0.2) is 18.7 Å². The Labute approximate surface area is 149 Å². The van der Waals surface area contributed by atoms with Gasteiger partial charge in [0.25, 0.3) is 5.92 Å². The molecule has 136 valence electrons. The average Bonchev–Trinajstić information content (AvgIpc) is 2.51. The molecular weight excluding hydrogens is 352 g/mol. The van der Waals surface area contributed by atoms with E-state index in [1.165, 1.54) is 6.33 Å². The molecular formula is C17H20ClF2N3O2. The molecule has 0 aliphatic carbocycles. The van der Waals surface area contributed by atoms with E-state index in [1.54, 1.807) is 24.1 Å². The van der Waals surface area contributed by atoms with Gasteiger partial charge in [-0.1, -0.05) is 11.6 Å². The van der Waals surface area contributed by atoms with Crippen molar-refractivity contribution in [1.82, 2.24) is 14.9 Å². The lowest BCUT2D eigenvalue weighted by atomic mass is 10.0. The lowest BCUT2D eigenvalue weighted by Gasteiger charge is -2.36. The van der Waals surface area contributed by atoms with Crippen LogP contribution in [0.4, 0.5) is 8.78 Å². The van der Waals surface area contributed by atoms with Crippen molar-refractivity contribution in [3.63, 3.8) is 0 Å². The molecule has 0 amide bonds. The van der Waals surface area contributed by atoms with Crippen molar-refractivity contribution in [2.75, 3.05) is 20.1 Å². The van der Waals surface area contributed by atoms with Gasteiger partial charge in [0.2, 0.25) is 0 Å². The molecule has 1 aliphatic rings. The number of ether oxygens (including phenoxy) is 2. The maximum atomic E-state index is 14.4. The van der Waals surface area contributed by atoms with E-state index < -0.39 is 12.0 Å². The van der Waals surface area contributed by atoms with Crippen LogP contribution < -0.4 is 9.47 Å². The summed E-state index contributed by atoms with van der Waals surface area (Å²) >= 11 is 6.20. The molecule has 2 heterocycles. The van der Waals surface area contributed by atoms with Crippen LogP contribution in [0.15, 0.2) is 18.5 Å². The van der Waals surface area contributed by atoms with Crippen LogP contribution in [0, 0.1) is 0 Å². The van der Waals surface area contributed by atoms with Crippen molar-refractivity contribution in [3.8, 4) is 11.5 Å². The van der Waals surface area contributed by atoms with Crippen LogP contribution in [0.5, 0.6) is 11.5 Å². The van der Waals surface area contributed by atoms with Crippen molar-refractivity contribution in [3.05, 3.63) is 23.6 Å². The fourth-order valence-corrected chi connectivity index (χ4v) is 3.13. The molecule has 2 aromatic rings. The van der Waals surface area contributed by atoms with Gasteiger partial charge in [0, 0.05) is 13.0 Å². The van der Waals surface area contributed by atoms with Crippen LogP contribution in [-0.2, 0) is 0 Å². The minimum Gasteiger partial charge on any atom is -0.487 e.